The summed E-state index contributed by atoms with van der Waals surface area (Å²) in [5.41, 5.74) is 3.38. The van der Waals surface area contributed by atoms with Crippen molar-refractivity contribution in [1.29, 1.82) is 0 Å². The summed E-state index contributed by atoms with van der Waals surface area (Å²) in [6.07, 6.45) is 1.40. The smallest absolute Gasteiger partial charge is 0.345 e. The van der Waals surface area contributed by atoms with Crippen LogP contribution in [0.25, 0.3) is 0 Å². The maximum Gasteiger partial charge on any atom is 0.345 e. The van der Waals surface area contributed by atoms with Crippen LogP contribution < -0.4 is 10.2 Å². The lowest BCUT2D eigenvalue weighted by Crippen LogP contribution is -2.18. The number of nitrogens with zero attached hydrogens (tertiary/aromatic N) is 1. The Labute approximate surface area is 192 Å². The molecular weight excluding hydrogens is 470 g/mol. The maximum atomic E-state index is 12.3. The SMILES string of the molecule is O=C(N/N=C/c1cccc(OC(=O)c2ccc(Cl)cc2Cl)c1)c1ccc(Cl)cc1Cl. The number of hydrazone groups is 1. The molecule has 0 unspecified atom stereocenters. The van der Waals surface area contributed by atoms with Crippen molar-refractivity contribution in [3.05, 3.63) is 97.4 Å². The van der Waals surface area contributed by atoms with E-state index < -0.39 is 11.9 Å². The van der Waals surface area contributed by atoms with E-state index in [0.717, 1.165) is 0 Å². The Morgan fingerprint density at radius 3 is 2.10 bits per heavy atom. The van der Waals surface area contributed by atoms with E-state index >= 15 is 0 Å². The number of halogens is 4. The van der Waals surface area contributed by atoms with Crippen molar-refractivity contribution in [3.8, 4) is 5.75 Å². The molecule has 0 aromatic heterocycles. The predicted molar refractivity (Wildman–Crippen MR) is 119 cm³/mol. The lowest BCUT2D eigenvalue weighted by Gasteiger charge is -2.07. The van der Waals surface area contributed by atoms with Crippen molar-refractivity contribution in [2.75, 3.05) is 0 Å². The average molecular weight is 482 g/mol. The van der Waals surface area contributed by atoms with E-state index in [1.54, 1.807) is 36.4 Å². The molecule has 0 radical (unpaired) electrons. The molecule has 0 spiro atoms. The molecule has 3 aromatic carbocycles. The number of hydrogen-bond acceptors (Lipinski definition) is 4. The minimum Gasteiger partial charge on any atom is -0.423 e. The van der Waals surface area contributed by atoms with E-state index in [0.29, 0.717) is 15.6 Å². The molecule has 152 valence electrons. The van der Waals surface area contributed by atoms with Crippen LogP contribution in [0.4, 0.5) is 0 Å². The van der Waals surface area contributed by atoms with Crippen molar-refractivity contribution < 1.29 is 14.3 Å². The van der Waals surface area contributed by atoms with E-state index in [4.69, 9.17) is 51.1 Å². The second-order valence-corrected chi connectivity index (χ2v) is 7.60. The van der Waals surface area contributed by atoms with Crippen molar-refractivity contribution in [2.24, 2.45) is 5.10 Å². The van der Waals surface area contributed by atoms with Gasteiger partial charge in [-0.1, -0.05) is 58.5 Å². The minimum absolute atomic E-state index is 0.187. The monoisotopic (exact) mass is 480 g/mol. The first-order valence-corrected chi connectivity index (χ1v) is 9.90. The second kappa shape index (κ2) is 9.96. The quantitative estimate of drug-likeness (QED) is 0.201. The summed E-state index contributed by atoms with van der Waals surface area (Å²) in [7, 11) is 0. The first-order chi connectivity index (χ1) is 14.3. The van der Waals surface area contributed by atoms with E-state index in [9.17, 15) is 9.59 Å². The summed E-state index contributed by atoms with van der Waals surface area (Å²) in [6.45, 7) is 0. The van der Waals surface area contributed by atoms with Crippen LogP contribution in [0.5, 0.6) is 5.75 Å². The van der Waals surface area contributed by atoms with Gasteiger partial charge in [0.05, 0.1) is 27.4 Å². The first kappa shape index (κ1) is 22.1. The normalized spacial score (nSPS) is 10.8. The molecule has 1 N–H and O–H groups in total. The number of esters is 1. The van der Waals surface area contributed by atoms with Crippen LogP contribution in [-0.4, -0.2) is 18.1 Å². The van der Waals surface area contributed by atoms with Crippen LogP contribution in [-0.2, 0) is 0 Å². The van der Waals surface area contributed by atoms with Gasteiger partial charge >= 0.3 is 5.97 Å². The number of ether oxygens (including phenoxy) is 1. The molecule has 30 heavy (non-hydrogen) atoms. The largest absolute Gasteiger partial charge is 0.423 e. The highest BCUT2D eigenvalue weighted by atomic mass is 35.5. The zero-order valence-corrected chi connectivity index (χ0v) is 18.1. The lowest BCUT2D eigenvalue weighted by atomic mass is 10.2. The van der Waals surface area contributed by atoms with E-state index in [1.807, 2.05) is 0 Å². The summed E-state index contributed by atoms with van der Waals surface area (Å²) < 4.78 is 5.34. The summed E-state index contributed by atoms with van der Waals surface area (Å²) in [6, 6.07) is 15.6. The minimum atomic E-state index is -0.628. The third kappa shape index (κ3) is 5.74. The summed E-state index contributed by atoms with van der Waals surface area (Å²) >= 11 is 23.7. The molecule has 0 bridgehead atoms. The first-order valence-electron chi connectivity index (χ1n) is 8.39. The number of carbonyl (C=O) groups excluding carboxylic acids is 2. The Morgan fingerprint density at radius 1 is 0.833 bits per heavy atom. The summed E-state index contributed by atoms with van der Waals surface area (Å²) in [4.78, 5) is 24.5. The molecule has 9 heteroatoms. The van der Waals surface area contributed by atoms with Gasteiger partial charge in [-0.2, -0.15) is 5.10 Å². The number of carbonyl (C=O) groups is 2. The van der Waals surface area contributed by atoms with Crippen molar-refractivity contribution in [1.82, 2.24) is 5.43 Å². The van der Waals surface area contributed by atoms with Crippen LogP contribution in [0.1, 0.15) is 26.3 Å². The van der Waals surface area contributed by atoms with Gasteiger partial charge in [-0.15, -0.1) is 0 Å². The molecule has 0 aliphatic rings. The zero-order valence-electron chi connectivity index (χ0n) is 15.0. The molecule has 0 heterocycles. The van der Waals surface area contributed by atoms with Gasteiger partial charge in [0.1, 0.15) is 5.75 Å². The standard InChI is InChI=1S/C21H12Cl4N2O3/c22-13-4-6-16(18(24)9-13)20(28)27-26-11-12-2-1-3-15(8-12)30-21(29)17-7-5-14(23)10-19(17)25/h1-11H,(H,27,28)/b26-11+. The second-order valence-electron chi connectivity index (χ2n) is 5.91. The van der Waals surface area contributed by atoms with E-state index in [-0.39, 0.29) is 26.9 Å². The highest BCUT2D eigenvalue weighted by Gasteiger charge is 2.13. The van der Waals surface area contributed by atoms with E-state index in [1.165, 1.54) is 30.5 Å². The van der Waals surface area contributed by atoms with Gasteiger partial charge in [-0.25, -0.2) is 10.2 Å². The molecule has 0 saturated carbocycles. The molecule has 0 fully saturated rings. The van der Waals surface area contributed by atoms with Gasteiger partial charge in [0.2, 0.25) is 0 Å². The summed E-state index contributed by atoms with van der Waals surface area (Å²) in [5, 5.41) is 5.13. The highest BCUT2D eigenvalue weighted by molar-refractivity contribution is 6.37. The fourth-order valence-corrected chi connectivity index (χ4v) is 3.35. The molecule has 3 rings (SSSR count). The van der Waals surface area contributed by atoms with Gasteiger partial charge in [0, 0.05) is 10.0 Å². The van der Waals surface area contributed by atoms with Crippen molar-refractivity contribution in [3.63, 3.8) is 0 Å². The van der Waals surface area contributed by atoms with Crippen LogP contribution in [0.15, 0.2) is 65.8 Å². The number of hydrogen-bond donors (Lipinski definition) is 1. The van der Waals surface area contributed by atoms with Gasteiger partial charge in [0.15, 0.2) is 0 Å². The van der Waals surface area contributed by atoms with Gasteiger partial charge in [-0.05, 0) is 54.1 Å². The topological polar surface area (TPSA) is 67.8 Å². The third-order valence-corrected chi connectivity index (χ3v) is 4.87. The molecular formula is C21H12Cl4N2O3. The fraction of sp³-hybridized carbons (Fsp3) is 0. The van der Waals surface area contributed by atoms with Crippen LogP contribution in [0.2, 0.25) is 20.1 Å². The Morgan fingerprint density at radius 2 is 1.47 bits per heavy atom. The highest BCUT2D eigenvalue weighted by Crippen LogP contribution is 2.23. The number of benzene rings is 3. The van der Waals surface area contributed by atoms with Gasteiger partial charge < -0.3 is 4.74 Å². The average Bonchev–Trinajstić information content (AvgIpc) is 2.68. The Balaban J connectivity index is 1.66. The summed E-state index contributed by atoms with van der Waals surface area (Å²) in [5.74, 6) is -0.841. The number of nitrogens with one attached hydrogen (secondary N) is 1. The number of rotatable bonds is 5. The van der Waals surface area contributed by atoms with Crippen LogP contribution >= 0.6 is 46.4 Å². The van der Waals surface area contributed by atoms with Gasteiger partial charge in [0.25, 0.3) is 5.91 Å². The molecule has 0 aliphatic heterocycles. The third-order valence-electron chi connectivity index (χ3n) is 3.78. The van der Waals surface area contributed by atoms with Crippen molar-refractivity contribution in [2.45, 2.75) is 0 Å². The molecule has 1 amide bonds. The van der Waals surface area contributed by atoms with Crippen LogP contribution in [0, 0.1) is 0 Å². The molecule has 0 aliphatic carbocycles. The predicted octanol–water partition coefficient (Wildman–Crippen LogP) is 6.28. The maximum absolute atomic E-state index is 12.3. The molecule has 0 atom stereocenters. The lowest BCUT2D eigenvalue weighted by molar-refractivity contribution is 0.0734. The zero-order chi connectivity index (χ0) is 21.7. The Kier molecular flexibility index (Phi) is 7.34. The van der Waals surface area contributed by atoms with Crippen LogP contribution in [0.3, 0.4) is 0 Å². The fourth-order valence-electron chi connectivity index (χ4n) is 2.37. The van der Waals surface area contributed by atoms with E-state index in [2.05, 4.69) is 10.5 Å². The van der Waals surface area contributed by atoms with Gasteiger partial charge in [-0.3, -0.25) is 4.79 Å². The molecule has 3 aromatic rings. The number of amides is 1. The molecule has 0 saturated heterocycles. The Hall–Kier alpha value is -2.57. The Bertz CT molecular complexity index is 1150. The molecule has 5 nitrogen and oxygen atoms in total. The van der Waals surface area contributed by atoms with Crippen molar-refractivity contribution >= 4 is 64.5 Å².